The molecule has 2 rings (SSSR count). The molecule has 2 atom stereocenters. The summed E-state index contributed by atoms with van der Waals surface area (Å²) in [6.45, 7) is 3.50. The Morgan fingerprint density at radius 3 is 1.97 bits per heavy atom. The highest BCUT2D eigenvalue weighted by molar-refractivity contribution is 7.92. The van der Waals surface area contributed by atoms with E-state index in [0.29, 0.717) is 11.3 Å². The summed E-state index contributed by atoms with van der Waals surface area (Å²) in [6, 6.07) is 13.4. The first kappa shape index (κ1) is 22.9. The van der Waals surface area contributed by atoms with E-state index in [0.717, 1.165) is 16.8 Å². The van der Waals surface area contributed by atoms with Gasteiger partial charge in [0.2, 0.25) is 15.9 Å². The number of rotatable bonds is 8. The van der Waals surface area contributed by atoms with Gasteiger partial charge in [-0.25, -0.2) is 16.8 Å². The molecule has 0 radical (unpaired) electrons. The highest BCUT2D eigenvalue weighted by Gasteiger charge is 2.32. The summed E-state index contributed by atoms with van der Waals surface area (Å²) in [5, 5.41) is 2.83. The van der Waals surface area contributed by atoms with E-state index in [1.54, 1.807) is 56.3 Å². The summed E-state index contributed by atoms with van der Waals surface area (Å²) >= 11 is 0. The molecule has 1 N–H and O–H groups in total. The molecule has 0 fully saturated rings. The largest absolute Gasteiger partial charge is 0.348 e. The molecule has 0 aromatic heterocycles. The van der Waals surface area contributed by atoms with Gasteiger partial charge in [0.05, 0.1) is 22.9 Å². The van der Waals surface area contributed by atoms with Gasteiger partial charge in [-0.15, -0.1) is 0 Å². The quantitative estimate of drug-likeness (QED) is 0.682. The number of hydrogen-bond donors (Lipinski definition) is 1. The number of benzene rings is 2. The molecule has 2 aromatic rings. The van der Waals surface area contributed by atoms with Crippen molar-refractivity contribution >= 4 is 31.5 Å². The Labute approximate surface area is 172 Å². The lowest BCUT2D eigenvalue weighted by molar-refractivity contribution is -0.122. The number of amides is 1. The van der Waals surface area contributed by atoms with Gasteiger partial charge < -0.3 is 5.32 Å². The molecule has 0 saturated heterocycles. The molecular formula is C20H26N2O5S2. The van der Waals surface area contributed by atoms with Crippen LogP contribution >= 0.6 is 0 Å². The number of carbonyl (C=O) groups is 1. The van der Waals surface area contributed by atoms with E-state index in [4.69, 9.17) is 0 Å². The molecule has 0 bridgehead atoms. The van der Waals surface area contributed by atoms with E-state index in [9.17, 15) is 21.6 Å². The predicted octanol–water partition coefficient (Wildman–Crippen LogP) is 2.51. The summed E-state index contributed by atoms with van der Waals surface area (Å²) in [7, 11) is -7.00. The van der Waals surface area contributed by atoms with Crippen molar-refractivity contribution in [3.8, 4) is 0 Å². The first-order chi connectivity index (χ1) is 13.4. The highest BCUT2D eigenvalue weighted by Crippen LogP contribution is 2.23. The number of para-hydroxylation sites is 1. The second-order valence-corrected chi connectivity index (χ2v) is 10.8. The van der Waals surface area contributed by atoms with Crippen LogP contribution in [-0.4, -0.2) is 41.3 Å². The van der Waals surface area contributed by atoms with Crippen molar-refractivity contribution in [2.75, 3.05) is 16.8 Å². The van der Waals surface area contributed by atoms with E-state index < -0.39 is 37.9 Å². The van der Waals surface area contributed by atoms with Crippen molar-refractivity contribution in [2.24, 2.45) is 0 Å². The molecule has 0 aliphatic rings. The Balaban J connectivity index is 2.26. The number of carbonyl (C=O) groups excluding carboxylic acids is 1. The van der Waals surface area contributed by atoms with Crippen LogP contribution in [0.3, 0.4) is 0 Å². The molecule has 2 aromatic carbocycles. The van der Waals surface area contributed by atoms with Crippen LogP contribution in [-0.2, 0) is 24.7 Å². The molecule has 0 saturated carbocycles. The first-order valence-corrected chi connectivity index (χ1v) is 12.8. The third-order valence-electron chi connectivity index (χ3n) is 4.51. The smallest absolute Gasteiger partial charge is 0.244 e. The minimum atomic E-state index is -3.69. The Morgan fingerprint density at radius 2 is 1.52 bits per heavy atom. The van der Waals surface area contributed by atoms with Crippen molar-refractivity contribution in [1.29, 1.82) is 0 Å². The molecule has 0 heterocycles. The topological polar surface area (TPSA) is 101 Å². The van der Waals surface area contributed by atoms with E-state index in [2.05, 4.69) is 5.32 Å². The van der Waals surface area contributed by atoms with E-state index in [1.807, 2.05) is 0 Å². The number of nitrogens with zero attached hydrogens (tertiary/aromatic N) is 1. The first-order valence-electron chi connectivity index (χ1n) is 9.10. The van der Waals surface area contributed by atoms with Gasteiger partial charge in [-0.3, -0.25) is 9.10 Å². The zero-order valence-electron chi connectivity index (χ0n) is 16.9. The molecule has 7 nitrogen and oxygen atoms in total. The molecule has 0 aliphatic carbocycles. The lowest BCUT2D eigenvalue weighted by atomic mass is 10.1. The zero-order chi connectivity index (χ0) is 21.8. The van der Waals surface area contributed by atoms with E-state index >= 15 is 0 Å². The maximum Gasteiger partial charge on any atom is 0.244 e. The monoisotopic (exact) mass is 438 g/mol. The fourth-order valence-electron chi connectivity index (χ4n) is 3.03. The maximum absolute atomic E-state index is 12.9. The average molecular weight is 439 g/mol. The Bertz CT molecular complexity index is 1050. The van der Waals surface area contributed by atoms with Crippen LogP contribution in [0, 0.1) is 0 Å². The van der Waals surface area contributed by atoms with Gasteiger partial charge in [0.1, 0.15) is 6.04 Å². The lowest BCUT2D eigenvalue weighted by Gasteiger charge is -2.31. The summed E-state index contributed by atoms with van der Waals surface area (Å²) in [5.41, 5.74) is 1.13. The molecular weight excluding hydrogens is 412 g/mol. The molecule has 0 aliphatic heterocycles. The van der Waals surface area contributed by atoms with E-state index in [-0.39, 0.29) is 11.3 Å². The second-order valence-electron chi connectivity index (χ2n) is 6.89. The number of sulfone groups is 1. The Hall–Kier alpha value is -2.39. The third kappa shape index (κ3) is 5.80. The number of sulfonamides is 1. The van der Waals surface area contributed by atoms with Crippen LogP contribution in [0.1, 0.15) is 31.9 Å². The minimum absolute atomic E-state index is 0.193. The van der Waals surface area contributed by atoms with Crippen molar-refractivity contribution < 1.29 is 21.6 Å². The standard InChI is InChI=1S/C20H26N2O5S2/c1-5-19(22(29(4,26)27)17-9-7-6-8-10-17)20(23)21-15(2)16-11-13-18(14-12-16)28(3,24)25/h6-15,19H,5H2,1-4H3,(H,21,23)/t15-,19+/m1/s1. The van der Waals surface area contributed by atoms with Crippen LogP contribution in [0.4, 0.5) is 5.69 Å². The lowest BCUT2D eigenvalue weighted by Crippen LogP contribution is -2.49. The third-order valence-corrected chi connectivity index (χ3v) is 6.82. The van der Waals surface area contributed by atoms with Gasteiger partial charge in [0.25, 0.3) is 0 Å². The van der Waals surface area contributed by atoms with Crippen molar-refractivity contribution in [2.45, 2.75) is 37.2 Å². The number of anilines is 1. The maximum atomic E-state index is 12.9. The molecule has 9 heteroatoms. The Kier molecular flexibility index (Phi) is 7.07. The fraction of sp³-hybridized carbons (Fsp3) is 0.350. The van der Waals surface area contributed by atoms with Crippen molar-refractivity contribution in [1.82, 2.24) is 5.32 Å². The van der Waals surface area contributed by atoms with Crippen LogP contribution in [0.5, 0.6) is 0 Å². The predicted molar refractivity (Wildman–Crippen MR) is 114 cm³/mol. The van der Waals surface area contributed by atoms with Crippen LogP contribution in [0.15, 0.2) is 59.5 Å². The van der Waals surface area contributed by atoms with Crippen LogP contribution < -0.4 is 9.62 Å². The van der Waals surface area contributed by atoms with Gasteiger partial charge in [0, 0.05) is 6.26 Å². The molecule has 29 heavy (non-hydrogen) atoms. The molecule has 0 unspecified atom stereocenters. The summed E-state index contributed by atoms with van der Waals surface area (Å²) in [6.07, 6.45) is 2.49. The summed E-state index contributed by atoms with van der Waals surface area (Å²) < 4.78 is 49.1. The van der Waals surface area contributed by atoms with Crippen LogP contribution in [0.25, 0.3) is 0 Å². The van der Waals surface area contributed by atoms with Gasteiger partial charge in [-0.1, -0.05) is 37.3 Å². The van der Waals surface area contributed by atoms with Gasteiger partial charge in [0.15, 0.2) is 9.84 Å². The average Bonchev–Trinajstić information content (AvgIpc) is 2.64. The Morgan fingerprint density at radius 1 is 0.966 bits per heavy atom. The van der Waals surface area contributed by atoms with E-state index in [1.165, 1.54) is 12.1 Å². The van der Waals surface area contributed by atoms with Crippen LogP contribution in [0.2, 0.25) is 0 Å². The fourth-order valence-corrected chi connectivity index (χ4v) is 4.87. The zero-order valence-corrected chi connectivity index (χ0v) is 18.5. The highest BCUT2D eigenvalue weighted by atomic mass is 32.2. The molecule has 0 spiro atoms. The van der Waals surface area contributed by atoms with Crippen molar-refractivity contribution in [3.63, 3.8) is 0 Å². The van der Waals surface area contributed by atoms with Gasteiger partial charge in [-0.2, -0.15) is 0 Å². The van der Waals surface area contributed by atoms with Gasteiger partial charge >= 0.3 is 0 Å². The second kappa shape index (κ2) is 8.96. The SMILES string of the molecule is CC[C@@H](C(=O)N[C@H](C)c1ccc(S(C)(=O)=O)cc1)N(c1ccccc1)S(C)(=O)=O. The molecule has 158 valence electrons. The minimum Gasteiger partial charge on any atom is -0.348 e. The number of hydrogen-bond acceptors (Lipinski definition) is 5. The summed E-state index contributed by atoms with van der Waals surface area (Å²) in [5.74, 6) is -0.429. The van der Waals surface area contributed by atoms with Crippen molar-refractivity contribution in [3.05, 3.63) is 60.2 Å². The number of nitrogens with one attached hydrogen (secondary N) is 1. The van der Waals surface area contributed by atoms with Gasteiger partial charge in [-0.05, 0) is 43.2 Å². The normalized spacial score (nSPS) is 14.1. The molecule has 1 amide bonds. The summed E-state index contributed by atoms with van der Waals surface area (Å²) in [4.78, 5) is 13.1.